The van der Waals surface area contributed by atoms with Crippen LogP contribution in [0.4, 0.5) is 13.2 Å². The predicted molar refractivity (Wildman–Crippen MR) is 129 cm³/mol. The van der Waals surface area contributed by atoms with Gasteiger partial charge in [0.25, 0.3) is 0 Å². The lowest BCUT2D eigenvalue weighted by Crippen LogP contribution is -2.37. The Morgan fingerprint density at radius 1 is 1.37 bits per heavy atom. The largest absolute Gasteiger partial charge is 0.482 e. The second kappa shape index (κ2) is 12.1. The minimum absolute atomic E-state index is 0.111. The topological polar surface area (TPSA) is 69.8 Å². The molecule has 0 unspecified atom stereocenters. The summed E-state index contributed by atoms with van der Waals surface area (Å²) >= 11 is 0. The summed E-state index contributed by atoms with van der Waals surface area (Å²) in [6, 6.07) is 0. The summed E-state index contributed by atoms with van der Waals surface area (Å²) in [6.45, 7) is 6.80. The van der Waals surface area contributed by atoms with Gasteiger partial charge >= 0.3 is 11.9 Å². The van der Waals surface area contributed by atoms with E-state index in [-0.39, 0.29) is 17.7 Å². The van der Waals surface area contributed by atoms with Gasteiger partial charge in [-0.05, 0) is 42.6 Å². The molecule has 2 aliphatic rings. The van der Waals surface area contributed by atoms with Crippen molar-refractivity contribution in [1.82, 2.24) is 10.00 Å². The van der Waals surface area contributed by atoms with Gasteiger partial charge in [0.15, 0.2) is 6.20 Å². The van der Waals surface area contributed by atoms with E-state index >= 15 is 0 Å². The Morgan fingerprint density at radius 3 is 2.91 bits per heavy atom. The van der Waals surface area contributed by atoms with Crippen molar-refractivity contribution in [3.63, 3.8) is 0 Å². The highest BCUT2D eigenvalue weighted by Crippen LogP contribution is 2.25. The summed E-state index contributed by atoms with van der Waals surface area (Å²) in [5, 5.41) is 4.57. The molecule has 0 radical (unpaired) electrons. The van der Waals surface area contributed by atoms with Crippen LogP contribution in [0, 0.1) is 11.8 Å². The standard InChI is InChI=1S/C26H27F3N4O2/c1-3-23-21(10-9-19(2)20-11-13-22(14-12-20)32-26(27,28)29)18-31-33(25(23)34)16-7-17-35-24-8-5-4-6-15-30-24/h8-11,13,15,18,32H,2-3,6-7,12,14,16-17H2,1H3/p+1/b10-9-. The number of aromatic amines is 1. The van der Waals surface area contributed by atoms with Gasteiger partial charge in [-0.3, -0.25) is 4.79 Å². The van der Waals surface area contributed by atoms with E-state index in [1.165, 1.54) is 6.08 Å². The van der Waals surface area contributed by atoms with E-state index < -0.39 is 6.30 Å². The fourth-order valence-corrected chi connectivity index (χ4v) is 3.61. The molecular weight excluding hydrogens is 457 g/mol. The van der Waals surface area contributed by atoms with E-state index in [1.54, 1.807) is 46.7 Å². The number of rotatable bonds is 10. The van der Waals surface area contributed by atoms with Crippen molar-refractivity contribution >= 4 is 12.3 Å². The highest BCUT2D eigenvalue weighted by atomic mass is 19.4. The third kappa shape index (κ3) is 7.88. The first-order valence-corrected chi connectivity index (χ1v) is 11.4. The number of halogens is 3. The second-order valence-corrected chi connectivity index (χ2v) is 7.90. The van der Waals surface area contributed by atoms with Crippen molar-refractivity contribution in [3.8, 4) is 11.8 Å². The van der Waals surface area contributed by atoms with Crippen LogP contribution in [0.5, 0.6) is 0 Å². The SMILES string of the molecule is C=C(/C=C\c1c[nH+]n(CCCOC2=CC#CCC=N2)c(=O)c1CC)C1=CC=C(NC(F)(F)F)CC1. The van der Waals surface area contributed by atoms with Crippen LogP contribution in [0.25, 0.3) is 6.08 Å². The van der Waals surface area contributed by atoms with Gasteiger partial charge in [-0.1, -0.05) is 37.5 Å². The van der Waals surface area contributed by atoms with Crippen LogP contribution in [0.3, 0.4) is 0 Å². The lowest BCUT2D eigenvalue weighted by atomic mass is 9.95. The molecule has 184 valence electrons. The Kier molecular flexibility index (Phi) is 8.90. The van der Waals surface area contributed by atoms with E-state index in [0.29, 0.717) is 55.9 Å². The van der Waals surface area contributed by atoms with Gasteiger partial charge in [-0.15, -0.1) is 9.78 Å². The van der Waals surface area contributed by atoms with Crippen molar-refractivity contribution < 1.29 is 23.0 Å². The van der Waals surface area contributed by atoms with Gasteiger partial charge in [0, 0.05) is 35.9 Å². The average Bonchev–Trinajstić information content (AvgIpc) is 3.09. The summed E-state index contributed by atoms with van der Waals surface area (Å²) < 4.78 is 44.5. The van der Waals surface area contributed by atoms with Crippen molar-refractivity contribution in [3.05, 3.63) is 81.3 Å². The van der Waals surface area contributed by atoms with E-state index in [0.717, 1.165) is 11.1 Å². The molecule has 1 aliphatic heterocycles. The number of H-pyrrole nitrogens is 1. The molecule has 9 heteroatoms. The van der Waals surface area contributed by atoms with E-state index in [9.17, 15) is 18.0 Å². The third-order valence-electron chi connectivity index (χ3n) is 5.40. The third-order valence-corrected chi connectivity index (χ3v) is 5.40. The first-order chi connectivity index (χ1) is 16.8. The zero-order valence-electron chi connectivity index (χ0n) is 19.5. The maximum absolute atomic E-state index is 12.9. The van der Waals surface area contributed by atoms with Crippen molar-refractivity contribution in [2.75, 3.05) is 6.61 Å². The molecule has 0 aromatic carbocycles. The number of nitrogens with one attached hydrogen (secondary N) is 2. The fraction of sp³-hybridized carbons (Fsp3) is 0.346. The van der Waals surface area contributed by atoms with Crippen molar-refractivity contribution in [2.24, 2.45) is 4.99 Å². The minimum Gasteiger partial charge on any atom is -0.477 e. The Labute approximate surface area is 202 Å². The summed E-state index contributed by atoms with van der Waals surface area (Å²) in [6.07, 6.45) is 9.75. The van der Waals surface area contributed by atoms with Crippen LogP contribution in [0.2, 0.25) is 0 Å². The van der Waals surface area contributed by atoms with Crippen LogP contribution in [-0.4, -0.2) is 23.8 Å². The highest BCUT2D eigenvalue weighted by Gasteiger charge is 2.28. The molecule has 3 rings (SSSR count). The smallest absolute Gasteiger partial charge is 0.477 e. The van der Waals surface area contributed by atoms with Gasteiger partial charge in [-0.2, -0.15) is 13.2 Å². The summed E-state index contributed by atoms with van der Waals surface area (Å²) in [5.74, 6) is 6.22. The molecule has 2 N–H and O–H groups in total. The second-order valence-electron chi connectivity index (χ2n) is 7.90. The Bertz CT molecular complexity index is 1220. The van der Waals surface area contributed by atoms with Gasteiger partial charge in [-0.25, -0.2) is 4.99 Å². The van der Waals surface area contributed by atoms with Crippen LogP contribution in [-0.2, 0) is 17.7 Å². The molecule has 6 nitrogen and oxygen atoms in total. The monoisotopic (exact) mass is 485 g/mol. The molecule has 0 saturated carbocycles. The molecule has 0 amide bonds. The first kappa shape index (κ1) is 25.8. The number of hydrogen-bond donors (Lipinski definition) is 1. The van der Waals surface area contributed by atoms with E-state index in [4.69, 9.17) is 4.74 Å². The van der Waals surface area contributed by atoms with Crippen LogP contribution >= 0.6 is 0 Å². The molecule has 0 spiro atoms. The Morgan fingerprint density at radius 2 is 2.20 bits per heavy atom. The molecule has 0 saturated heterocycles. The Balaban J connectivity index is 1.60. The maximum atomic E-state index is 12.9. The number of ether oxygens (including phenoxy) is 1. The molecule has 0 atom stereocenters. The summed E-state index contributed by atoms with van der Waals surface area (Å²) in [5.41, 5.74) is 2.96. The average molecular weight is 486 g/mol. The highest BCUT2D eigenvalue weighted by molar-refractivity contribution is 5.63. The first-order valence-electron chi connectivity index (χ1n) is 11.4. The maximum Gasteiger partial charge on any atom is 0.482 e. The number of aryl methyl sites for hydroxylation is 1. The molecular formula is C26H28F3N4O2+. The molecule has 35 heavy (non-hydrogen) atoms. The van der Waals surface area contributed by atoms with Gasteiger partial charge in [0.1, 0.15) is 0 Å². The van der Waals surface area contributed by atoms with Gasteiger partial charge < -0.3 is 10.1 Å². The fourth-order valence-electron chi connectivity index (χ4n) is 3.61. The number of hydrogen-bond acceptors (Lipinski definition) is 4. The number of allylic oxidation sites excluding steroid dienone is 7. The zero-order valence-corrected chi connectivity index (χ0v) is 19.5. The molecule has 0 fully saturated rings. The number of aromatic nitrogens is 2. The van der Waals surface area contributed by atoms with Gasteiger partial charge in [0.05, 0.1) is 19.2 Å². The number of aliphatic imine (C=N–C) groups is 1. The van der Waals surface area contributed by atoms with Crippen molar-refractivity contribution in [2.45, 2.75) is 51.9 Å². The number of alkyl halides is 3. The summed E-state index contributed by atoms with van der Waals surface area (Å²) in [4.78, 5) is 17.1. The number of nitrogens with zero attached hydrogens (tertiary/aromatic N) is 2. The zero-order chi connectivity index (χ0) is 25.3. The molecule has 2 heterocycles. The predicted octanol–water partition coefficient (Wildman–Crippen LogP) is 4.23. The van der Waals surface area contributed by atoms with E-state index in [1.807, 2.05) is 6.92 Å². The minimum atomic E-state index is -4.44. The van der Waals surface area contributed by atoms with Crippen LogP contribution in [0.1, 0.15) is 43.7 Å². The Hall–Kier alpha value is -3.80. The van der Waals surface area contributed by atoms with Crippen LogP contribution in [0.15, 0.2) is 69.6 Å². The quantitative estimate of drug-likeness (QED) is 0.233. The molecule has 1 aliphatic carbocycles. The molecule has 1 aromatic rings. The van der Waals surface area contributed by atoms with E-state index in [2.05, 4.69) is 28.5 Å². The summed E-state index contributed by atoms with van der Waals surface area (Å²) in [7, 11) is 0. The van der Waals surface area contributed by atoms with Crippen LogP contribution < -0.4 is 16.0 Å². The lowest BCUT2D eigenvalue weighted by Gasteiger charge is -2.18. The van der Waals surface area contributed by atoms with Crippen molar-refractivity contribution in [1.29, 1.82) is 0 Å². The molecule has 1 aromatic heterocycles. The van der Waals surface area contributed by atoms with Gasteiger partial charge in [0.2, 0.25) is 5.88 Å². The molecule has 0 bridgehead atoms. The lowest BCUT2D eigenvalue weighted by molar-refractivity contribution is -0.498. The normalized spacial score (nSPS) is 15.5.